The lowest BCUT2D eigenvalue weighted by Gasteiger charge is -2.24. The van der Waals surface area contributed by atoms with Crippen LogP contribution >= 0.6 is 0 Å². The molecule has 0 aliphatic carbocycles. The molecule has 4 rings (SSSR count). The number of nitrogens with one attached hydrogen (secondary N) is 1. The number of unbranched alkanes of at least 4 members (excludes halogenated alkanes) is 2. The van der Waals surface area contributed by atoms with Crippen LogP contribution in [0, 0.1) is 0 Å². The summed E-state index contributed by atoms with van der Waals surface area (Å²) in [4.78, 5) is 30.4. The van der Waals surface area contributed by atoms with E-state index in [-0.39, 0.29) is 18.2 Å². The lowest BCUT2D eigenvalue weighted by atomic mass is 10.1. The number of hydrogen-bond donors (Lipinski definition) is 1. The Hall–Kier alpha value is -3.64. The fourth-order valence-corrected chi connectivity index (χ4v) is 4.52. The first-order valence-corrected chi connectivity index (χ1v) is 12.9. The van der Waals surface area contributed by atoms with Crippen LogP contribution in [0.1, 0.15) is 49.0 Å². The molecule has 6 heteroatoms. The van der Waals surface area contributed by atoms with Gasteiger partial charge >= 0.3 is 0 Å². The second-order valence-corrected chi connectivity index (χ2v) is 8.97. The highest BCUT2D eigenvalue weighted by Gasteiger charge is 2.28. The minimum Gasteiger partial charge on any atom is -0.494 e. The van der Waals surface area contributed by atoms with Gasteiger partial charge in [0.2, 0.25) is 5.91 Å². The Morgan fingerprint density at radius 3 is 2.31 bits per heavy atom. The number of rotatable bonds is 11. The average molecular weight is 486 g/mol. The van der Waals surface area contributed by atoms with Gasteiger partial charge in [0.25, 0.3) is 5.91 Å². The molecule has 0 saturated carbocycles. The molecule has 1 aliphatic rings. The van der Waals surface area contributed by atoms with Crippen molar-refractivity contribution >= 4 is 28.9 Å². The molecule has 0 fully saturated rings. The Kier molecular flexibility index (Phi) is 8.74. The lowest BCUT2D eigenvalue weighted by Crippen LogP contribution is -2.28. The Bertz CT molecular complexity index is 1170. The van der Waals surface area contributed by atoms with Gasteiger partial charge in [0.1, 0.15) is 5.75 Å². The van der Waals surface area contributed by atoms with Gasteiger partial charge in [-0.15, -0.1) is 0 Å². The Morgan fingerprint density at radius 1 is 0.861 bits per heavy atom. The van der Waals surface area contributed by atoms with Crippen LogP contribution in [0.3, 0.4) is 0 Å². The molecule has 0 unspecified atom stereocenters. The smallest absolute Gasteiger partial charge is 0.257 e. The number of hydrogen-bond acceptors (Lipinski definition) is 4. The fourth-order valence-electron chi connectivity index (χ4n) is 4.52. The summed E-state index contributed by atoms with van der Waals surface area (Å²) in [7, 11) is 0. The Labute approximate surface area is 213 Å². The molecule has 2 amide bonds. The molecule has 0 saturated heterocycles. The largest absolute Gasteiger partial charge is 0.494 e. The molecule has 3 aromatic carbocycles. The second kappa shape index (κ2) is 12.4. The first-order valence-electron chi connectivity index (χ1n) is 12.9. The second-order valence-electron chi connectivity index (χ2n) is 8.97. The summed E-state index contributed by atoms with van der Waals surface area (Å²) >= 11 is 0. The molecule has 0 bridgehead atoms. The summed E-state index contributed by atoms with van der Waals surface area (Å²) in [6.07, 6.45) is 3.58. The zero-order valence-electron chi connectivity index (χ0n) is 21.2. The standard InChI is InChI=1S/C30H35N3O3/c1-3-32(4-2)20-10-5-11-21-36-24-18-16-23(17-19-24)22-29(34)33-27-14-8-6-12-25(27)30(35)31-26-13-7-9-15-28(26)33/h6-9,12-19H,3-5,10-11,20-22H2,1-2H3,(H,31,35). The number of nitrogens with zero attached hydrogens (tertiary/aromatic N) is 2. The maximum absolute atomic E-state index is 13.6. The van der Waals surface area contributed by atoms with Crippen molar-refractivity contribution in [3.05, 3.63) is 83.9 Å². The van der Waals surface area contributed by atoms with E-state index in [4.69, 9.17) is 4.74 Å². The van der Waals surface area contributed by atoms with Crippen molar-refractivity contribution < 1.29 is 14.3 Å². The number of carbonyl (C=O) groups is 2. The number of carbonyl (C=O) groups excluding carboxylic acids is 2. The molecule has 0 aromatic heterocycles. The molecule has 36 heavy (non-hydrogen) atoms. The van der Waals surface area contributed by atoms with Gasteiger partial charge in [-0.25, -0.2) is 0 Å². The van der Waals surface area contributed by atoms with E-state index in [1.165, 1.54) is 6.42 Å². The number of benzene rings is 3. The van der Waals surface area contributed by atoms with Crippen molar-refractivity contribution in [3.8, 4) is 5.75 Å². The third-order valence-electron chi connectivity index (χ3n) is 6.59. The molecule has 188 valence electrons. The average Bonchev–Trinajstić information content (AvgIpc) is 3.03. The minimum atomic E-state index is -0.220. The summed E-state index contributed by atoms with van der Waals surface area (Å²) in [5.41, 5.74) is 3.24. The number of ether oxygens (including phenoxy) is 1. The lowest BCUT2D eigenvalue weighted by molar-refractivity contribution is -0.117. The number of anilines is 3. The SMILES string of the molecule is CCN(CC)CCCCCOc1ccc(CC(=O)N2c3ccccc3NC(=O)c3ccccc32)cc1. The first kappa shape index (κ1) is 25.5. The predicted molar refractivity (Wildman–Crippen MR) is 145 cm³/mol. The maximum atomic E-state index is 13.6. The van der Waals surface area contributed by atoms with E-state index in [2.05, 4.69) is 24.1 Å². The topological polar surface area (TPSA) is 61.9 Å². The first-order chi connectivity index (χ1) is 17.6. The highest BCUT2D eigenvalue weighted by atomic mass is 16.5. The van der Waals surface area contributed by atoms with Crippen molar-refractivity contribution in [2.75, 3.05) is 36.5 Å². The summed E-state index contributed by atoms with van der Waals surface area (Å²) < 4.78 is 5.91. The molecule has 1 aliphatic heterocycles. The van der Waals surface area contributed by atoms with E-state index in [1.807, 2.05) is 60.7 Å². The quantitative estimate of drug-likeness (QED) is 0.336. The fraction of sp³-hybridized carbons (Fsp3) is 0.333. The van der Waals surface area contributed by atoms with Gasteiger partial charge in [0.05, 0.1) is 35.7 Å². The Morgan fingerprint density at radius 2 is 1.56 bits per heavy atom. The van der Waals surface area contributed by atoms with Crippen LogP contribution in [-0.2, 0) is 11.2 Å². The number of amides is 2. The van der Waals surface area contributed by atoms with Crippen LogP contribution in [0.15, 0.2) is 72.8 Å². The summed E-state index contributed by atoms with van der Waals surface area (Å²) in [5.74, 6) is 0.492. The van der Waals surface area contributed by atoms with E-state index >= 15 is 0 Å². The predicted octanol–water partition coefficient (Wildman–Crippen LogP) is 6.05. The molecule has 6 nitrogen and oxygen atoms in total. The van der Waals surface area contributed by atoms with Crippen molar-refractivity contribution in [1.29, 1.82) is 0 Å². The minimum absolute atomic E-state index is 0.103. The van der Waals surface area contributed by atoms with Crippen molar-refractivity contribution in [2.45, 2.75) is 39.5 Å². The molecule has 3 aromatic rings. The molecule has 0 radical (unpaired) electrons. The van der Waals surface area contributed by atoms with Crippen LogP contribution in [-0.4, -0.2) is 43.0 Å². The highest BCUT2D eigenvalue weighted by molar-refractivity contribution is 6.17. The summed E-state index contributed by atoms with van der Waals surface area (Å²) in [6, 6.07) is 22.3. The van der Waals surface area contributed by atoms with Crippen LogP contribution in [0.5, 0.6) is 5.75 Å². The molecule has 1 heterocycles. The number of para-hydroxylation sites is 3. The van der Waals surface area contributed by atoms with Gasteiger partial charge in [-0.05, 0) is 80.9 Å². The monoisotopic (exact) mass is 485 g/mol. The zero-order valence-corrected chi connectivity index (χ0v) is 21.2. The van der Waals surface area contributed by atoms with Gasteiger partial charge in [-0.1, -0.05) is 50.2 Å². The van der Waals surface area contributed by atoms with Crippen molar-refractivity contribution in [2.24, 2.45) is 0 Å². The number of fused-ring (bicyclic) bond motifs is 2. The van der Waals surface area contributed by atoms with Crippen LogP contribution in [0.25, 0.3) is 0 Å². The third-order valence-corrected chi connectivity index (χ3v) is 6.59. The van der Waals surface area contributed by atoms with Crippen LogP contribution in [0.4, 0.5) is 17.1 Å². The van der Waals surface area contributed by atoms with Crippen LogP contribution in [0.2, 0.25) is 0 Å². The summed E-state index contributed by atoms with van der Waals surface area (Å²) in [6.45, 7) is 8.45. The van der Waals surface area contributed by atoms with E-state index < -0.39 is 0 Å². The van der Waals surface area contributed by atoms with E-state index in [9.17, 15) is 9.59 Å². The van der Waals surface area contributed by atoms with Crippen molar-refractivity contribution in [3.63, 3.8) is 0 Å². The maximum Gasteiger partial charge on any atom is 0.257 e. The molecular weight excluding hydrogens is 450 g/mol. The third kappa shape index (κ3) is 6.13. The molecule has 1 N–H and O–H groups in total. The molecule has 0 atom stereocenters. The highest BCUT2D eigenvalue weighted by Crippen LogP contribution is 2.38. The van der Waals surface area contributed by atoms with Gasteiger partial charge in [0, 0.05) is 0 Å². The Balaban J connectivity index is 1.37. The normalized spacial score (nSPS) is 12.5. The van der Waals surface area contributed by atoms with Gasteiger partial charge in [0.15, 0.2) is 0 Å². The van der Waals surface area contributed by atoms with Gasteiger partial charge in [-0.3, -0.25) is 14.5 Å². The zero-order chi connectivity index (χ0) is 25.3. The van der Waals surface area contributed by atoms with Gasteiger partial charge < -0.3 is 15.0 Å². The summed E-state index contributed by atoms with van der Waals surface area (Å²) in [5, 5.41) is 2.93. The molecule has 0 spiro atoms. The molecular formula is C30H35N3O3. The van der Waals surface area contributed by atoms with Crippen molar-refractivity contribution in [1.82, 2.24) is 4.90 Å². The van der Waals surface area contributed by atoms with E-state index in [1.54, 1.807) is 17.0 Å². The van der Waals surface area contributed by atoms with Crippen LogP contribution < -0.4 is 15.0 Å². The van der Waals surface area contributed by atoms with E-state index in [0.717, 1.165) is 43.8 Å². The van der Waals surface area contributed by atoms with Gasteiger partial charge in [-0.2, -0.15) is 0 Å². The van der Waals surface area contributed by atoms with E-state index in [0.29, 0.717) is 29.2 Å².